The molecular formula is C18H31FN2S. The van der Waals surface area contributed by atoms with E-state index in [-0.39, 0.29) is 0 Å². The fourth-order valence-corrected chi connectivity index (χ4v) is 4.42. The van der Waals surface area contributed by atoms with Crippen LogP contribution in [0.15, 0.2) is 15.6 Å². The molecular weight excluding hydrogens is 295 g/mol. The van der Waals surface area contributed by atoms with Gasteiger partial charge >= 0.3 is 0 Å². The van der Waals surface area contributed by atoms with Crippen molar-refractivity contribution in [1.82, 2.24) is 4.90 Å². The number of hydrogen-bond donors (Lipinski definition) is 0. The topological polar surface area (TPSA) is 15.6 Å². The van der Waals surface area contributed by atoms with E-state index in [0.29, 0.717) is 5.75 Å². The molecule has 2 rings (SSSR count). The van der Waals surface area contributed by atoms with Gasteiger partial charge in [0.2, 0.25) is 0 Å². The van der Waals surface area contributed by atoms with Gasteiger partial charge in [0.1, 0.15) is 5.67 Å². The van der Waals surface area contributed by atoms with Crippen molar-refractivity contribution in [3.8, 4) is 0 Å². The molecule has 1 aliphatic carbocycles. The average Bonchev–Trinajstić information content (AvgIpc) is 2.51. The highest BCUT2D eigenvalue weighted by Gasteiger charge is 2.23. The Morgan fingerprint density at radius 1 is 1.32 bits per heavy atom. The van der Waals surface area contributed by atoms with E-state index in [9.17, 15) is 4.39 Å². The standard InChI is InChI=1S/C18H31FN2S/c1-18(2,19)14-22-17-10-12-21(13-16(17)20-3)11-9-15-7-5-4-6-8-15/h15H,3-14H2,1-2H3. The van der Waals surface area contributed by atoms with Crippen molar-refractivity contribution in [3.05, 3.63) is 10.6 Å². The van der Waals surface area contributed by atoms with E-state index < -0.39 is 5.67 Å². The first-order chi connectivity index (χ1) is 10.5. The van der Waals surface area contributed by atoms with Crippen molar-refractivity contribution >= 4 is 18.5 Å². The molecule has 0 amide bonds. The Kier molecular flexibility index (Phi) is 6.94. The molecule has 4 heteroatoms. The summed E-state index contributed by atoms with van der Waals surface area (Å²) in [6.45, 7) is 10.2. The third-order valence-corrected chi connectivity index (χ3v) is 6.33. The Hall–Kier alpha value is -0.350. The number of nitrogens with zero attached hydrogens (tertiary/aromatic N) is 2. The summed E-state index contributed by atoms with van der Waals surface area (Å²) < 4.78 is 13.7. The third-order valence-electron chi connectivity index (χ3n) is 4.71. The molecule has 0 aromatic rings. The Morgan fingerprint density at radius 2 is 2.05 bits per heavy atom. The van der Waals surface area contributed by atoms with Crippen LogP contribution in [0.25, 0.3) is 0 Å². The molecule has 2 nitrogen and oxygen atoms in total. The SMILES string of the molecule is C=NC1=C(SCC(C)(C)F)CCN(CCC2CCCCC2)C1. The van der Waals surface area contributed by atoms with Gasteiger partial charge in [-0.05, 0) is 45.9 Å². The average molecular weight is 327 g/mol. The molecule has 1 saturated carbocycles. The van der Waals surface area contributed by atoms with Crippen molar-refractivity contribution in [1.29, 1.82) is 0 Å². The van der Waals surface area contributed by atoms with Crippen LogP contribution in [0.1, 0.15) is 58.8 Å². The third kappa shape index (κ3) is 6.04. The summed E-state index contributed by atoms with van der Waals surface area (Å²) in [4.78, 5) is 7.97. The van der Waals surface area contributed by atoms with E-state index >= 15 is 0 Å². The molecule has 0 unspecified atom stereocenters. The van der Waals surface area contributed by atoms with Crippen LogP contribution in [0.4, 0.5) is 4.39 Å². The highest BCUT2D eigenvalue weighted by atomic mass is 32.2. The molecule has 0 saturated heterocycles. The van der Waals surface area contributed by atoms with Crippen molar-refractivity contribution in [3.63, 3.8) is 0 Å². The van der Waals surface area contributed by atoms with Gasteiger partial charge in [-0.1, -0.05) is 32.1 Å². The van der Waals surface area contributed by atoms with E-state index in [2.05, 4.69) is 16.6 Å². The van der Waals surface area contributed by atoms with Crippen LogP contribution >= 0.6 is 11.8 Å². The fourth-order valence-electron chi connectivity index (χ4n) is 3.37. The predicted molar refractivity (Wildman–Crippen MR) is 96.5 cm³/mol. The van der Waals surface area contributed by atoms with Crippen molar-refractivity contribution in [2.75, 3.05) is 25.4 Å². The minimum absolute atomic E-state index is 0.503. The zero-order chi connectivity index (χ0) is 16.0. The lowest BCUT2D eigenvalue weighted by Gasteiger charge is -2.31. The smallest absolute Gasteiger partial charge is 0.114 e. The van der Waals surface area contributed by atoms with E-state index in [4.69, 9.17) is 0 Å². The highest BCUT2D eigenvalue weighted by Crippen LogP contribution is 2.33. The molecule has 0 aromatic heterocycles. The lowest BCUT2D eigenvalue weighted by atomic mass is 9.87. The Bertz CT molecular complexity index is 394. The molecule has 0 spiro atoms. The van der Waals surface area contributed by atoms with Gasteiger partial charge in [0.25, 0.3) is 0 Å². The van der Waals surface area contributed by atoms with Crippen LogP contribution in [0.3, 0.4) is 0 Å². The normalized spacial score (nSPS) is 22.1. The van der Waals surface area contributed by atoms with E-state index in [1.54, 1.807) is 25.6 Å². The second-order valence-electron chi connectivity index (χ2n) is 7.35. The van der Waals surface area contributed by atoms with Crippen LogP contribution in [-0.2, 0) is 0 Å². The fraction of sp³-hybridized carbons (Fsp3) is 0.833. The summed E-state index contributed by atoms with van der Waals surface area (Å²) in [6, 6.07) is 0. The molecule has 0 radical (unpaired) electrons. The van der Waals surface area contributed by atoms with Gasteiger partial charge < -0.3 is 0 Å². The monoisotopic (exact) mass is 326 g/mol. The summed E-state index contributed by atoms with van der Waals surface area (Å²) in [7, 11) is 0. The summed E-state index contributed by atoms with van der Waals surface area (Å²) in [5.41, 5.74) is -0.0497. The number of thioether (sulfide) groups is 1. The number of aliphatic imine (C=N–C) groups is 1. The van der Waals surface area contributed by atoms with Gasteiger partial charge in [-0.2, -0.15) is 0 Å². The van der Waals surface area contributed by atoms with Gasteiger partial charge in [0, 0.05) is 23.7 Å². The second kappa shape index (κ2) is 8.49. The number of alkyl halides is 1. The van der Waals surface area contributed by atoms with Crippen LogP contribution in [0, 0.1) is 5.92 Å². The summed E-state index contributed by atoms with van der Waals surface area (Å²) >= 11 is 1.63. The number of hydrogen-bond acceptors (Lipinski definition) is 3. The quantitative estimate of drug-likeness (QED) is 0.608. The van der Waals surface area contributed by atoms with E-state index in [1.807, 2.05) is 0 Å². The Morgan fingerprint density at radius 3 is 2.68 bits per heavy atom. The maximum absolute atomic E-state index is 13.7. The van der Waals surface area contributed by atoms with Gasteiger partial charge in [-0.3, -0.25) is 9.89 Å². The highest BCUT2D eigenvalue weighted by molar-refractivity contribution is 8.03. The summed E-state index contributed by atoms with van der Waals surface area (Å²) in [5.74, 6) is 1.43. The first-order valence-electron chi connectivity index (χ1n) is 8.71. The lowest BCUT2D eigenvalue weighted by Crippen LogP contribution is -2.33. The summed E-state index contributed by atoms with van der Waals surface area (Å²) in [5, 5.41) is 0. The van der Waals surface area contributed by atoms with E-state index in [0.717, 1.165) is 31.1 Å². The molecule has 22 heavy (non-hydrogen) atoms. The van der Waals surface area contributed by atoms with Crippen LogP contribution < -0.4 is 0 Å². The molecule has 126 valence electrons. The largest absolute Gasteiger partial charge is 0.297 e. The maximum atomic E-state index is 13.7. The first kappa shape index (κ1) is 18.0. The molecule has 0 bridgehead atoms. The van der Waals surface area contributed by atoms with Crippen molar-refractivity contribution in [2.24, 2.45) is 10.9 Å². The van der Waals surface area contributed by atoms with Gasteiger partial charge in [-0.25, -0.2) is 4.39 Å². The van der Waals surface area contributed by atoms with Gasteiger partial charge in [-0.15, -0.1) is 11.8 Å². The second-order valence-corrected chi connectivity index (χ2v) is 8.42. The molecule has 0 N–H and O–H groups in total. The van der Waals surface area contributed by atoms with Crippen LogP contribution in [-0.4, -0.2) is 42.7 Å². The van der Waals surface area contributed by atoms with Crippen molar-refractivity contribution in [2.45, 2.75) is 64.5 Å². The van der Waals surface area contributed by atoms with Crippen molar-refractivity contribution < 1.29 is 4.39 Å². The molecule has 0 atom stereocenters. The van der Waals surface area contributed by atoms with Gasteiger partial charge in [0.05, 0.1) is 5.70 Å². The van der Waals surface area contributed by atoms with Crippen LogP contribution in [0.5, 0.6) is 0 Å². The Balaban J connectivity index is 1.80. The molecule has 0 aromatic carbocycles. The molecule has 1 fully saturated rings. The maximum Gasteiger partial charge on any atom is 0.114 e. The lowest BCUT2D eigenvalue weighted by molar-refractivity contribution is 0.239. The molecule has 1 aliphatic heterocycles. The molecule has 2 aliphatic rings. The molecule has 1 heterocycles. The Labute approximate surface area is 139 Å². The number of rotatable bonds is 7. The first-order valence-corrected chi connectivity index (χ1v) is 9.69. The van der Waals surface area contributed by atoms with Crippen LogP contribution in [0.2, 0.25) is 0 Å². The van der Waals surface area contributed by atoms with Gasteiger partial charge in [0.15, 0.2) is 0 Å². The minimum Gasteiger partial charge on any atom is -0.297 e. The zero-order valence-electron chi connectivity index (χ0n) is 14.2. The minimum atomic E-state index is -1.12. The summed E-state index contributed by atoms with van der Waals surface area (Å²) in [6.07, 6.45) is 9.43. The predicted octanol–water partition coefficient (Wildman–Crippen LogP) is 5.06. The zero-order valence-corrected chi connectivity index (χ0v) is 15.1. The van der Waals surface area contributed by atoms with E-state index in [1.165, 1.54) is 50.0 Å². The number of halogens is 1.